The number of aromatic nitrogens is 1. The van der Waals surface area contributed by atoms with Gasteiger partial charge < -0.3 is 10.1 Å². The molecule has 1 N–H and O–H groups in total. The topological polar surface area (TPSA) is 51.2 Å². The first-order valence-corrected chi connectivity index (χ1v) is 9.85. The van der Waals surface area contributed by atoms with Crippen molar-refractivity contribution in [2.75, 3.05) is 0 Å². The summed E-state index contributed by atoms with van der Waals surface area (Å²) in [6, 6.07) is 18.0. The highest BCUT2D eigenvalue weighted by atomic mass is 32.1. The SMILES string of the molecule is Cc1nc(-c2ccccc2)sc1C(=O)NCc1ccc(COC(C)C)cc1. The lowest BCUT2D eigenvalue weighted by atomic mass is 10.1. The van der Waals surface area contributed by atoms with E-state index in [0.29, 0.717) is 18.0 Å². The summed E-state index contributed by atoms with van der Waals surface area (Å²) < 4.78 is 5.60. The van der Waals surface area contributed by atoms with E-state index < -0.39 is 0 Å². The van der Waals surface area contributed by atoms with Crippen molar-refractivity contribution in [3.63, 3.8) is 0 Å². The van der Waals surface area contributed by atoms with Crippen molar-refractivity contribution in [3.8, 4) is 10.6 Å². The zero-order valence-corrected chi connectivity index (χ0v) is 16.7. The maximum absolute atomic E-state index is 12.6. The molecule has 27 heavy (non-hydrogen) atoms. The van der Waals surface area contributed by atoms with Crippen LogP contribution in [-0.2, 0) is 17.9 Å². The molecule has 0 saturated heterocycles. The number of carbonyl (C=O) groups is 1. The molecule has 3 aromatic rings. The van der Waals surface area contributed by atoms with Gasteiger partial charge in [0.2, 0.25) is 0 Å². The second-order valence-corrected chi connectivity index (χ2v) is 7.66. The van der Waals surface area contributed by atoms with Crippen LogP contribution in [-0.4, -0.2) is 17.0 Å². The lowest BCUT2D eigenvalue weighted by molar-refractivity contribution is 0.0657. The highest BCUT2D eigenvalue weighted by Crippen LogP contribution is 2.27. The number of amides is 1. The van der Waals surface area contributed by atoms with Gasteiger partial charge in [-0.25, -0.2) is 4.98 Å². The average molecular weight is 381 g/mol. The Morgan fingerprint density at radius 3 is 2.41 bits per heavy atom. The molecule has 0 radical (unpaired) electrons. The molecule has 0 spiro atoms. The summed E-state index contributed by atoms with van der Waals surface area (Å²) in [5, 5.41) is 3.86. The molecule has 0 saturated carbocycles. The van der Waals surface area contributed by atoms with E-state index >= 15 is 0 Å². The molecule has 0 unspecified atom stereocenters. The van der Waals surface area contributed by atoms with E-state index in [1.807, 2.05) is 75.4 Å². The Kier molecular flexibility index (Phi) is 6.37. The Morgan fingerprint density at radius 1 is 1.07 bits per heavy atom. The lowest BCUT2D eigenvalue weighted by Gasteiger charge is -2.09. The molecule has 1 aromatic heterocycles. The van der Waals surface area contributed by atoms with Crippen LogP contribution in [0.3, 0.4) is 0 Å². The van der Waals surface area contributed by atoms with Gasteiger partial charge in [0.05, 0.1) is 18.4 Å². The molecule has 1 amide bonds. The zero-order chi connectivity index (χ0) is 19.2. The number of carbonyl (C=O) groups excluding carboxylic acids is 1. The Hall–Kier alpha value is -2.50. The largest absolute Gasteiger partial charge is 0.374 e. The quantitative estimate of drug-likeness (QED) is 0.629. The highest BCUT2D eigenvalue weighted by Gasteiger charge is 2.15. The molecule has 4 nitrogen and oxygen atoms in total. The second kappa shape index (κ2) is 8.93. The van der Waals surface area contributed by atoms with Crippen LogP contribution in [0.5, 0.6) is 0 Å². The molecule has 0 aliphatic carbocycles. The zero-order valence-electron chi connectivity index (χ0n) is 15.9. The number of rotatable bonds is 7. The van der Waals surface area contributed by atoms with E-state index in [9.17, 15) is 4.79 Å². The Bertz CT molecular complexity index is 886. The summed E-state index contributed by atoms with van der Waals surface area (Å²) in [4.78, 5) is 17.8. The van der Waals surface area contributed by atoms with Crippen molar-refractivity contribution in [2.45, 2.75) is 40.0 Å². The fourth-order valence-corrected chi connectivity index (χ4v) is 3.58. The third-order valence-corrected chi connectivity index (χ3v) is 5.29. The summed E-state index contributed by atoms with van der Waals surface area (Å²) >= 11 is 1.43. The van der Waals surface area contributed by atoms with Gasteiger partial charge in [-0.05, 0) is 31.9 Å². The third kappa shape index (κ3) is 5.25. The second-order valence-electron chi connectivity index (χ2n) is 6.66. The van der Waals surface area contributed by atoms with Crippen LogP contribution in [0, 0.1) is 6.92 Å². The van der Waals surface area contributed by atoms with Crippen molar-refractivity contribution in [1.29, 1.82) is 0 Å². The standard InChI is InChI=1S/C22H24N2O2S/c1-15(2)26-14-18-11-9-17(10-12-18)13-23-21(25)20-16(3)24-22(27-20)19-7-5-4-6-8-19/h4-12,15H,13-14H2,1-3H3,(H,23,25). The van der Waals surface area contributed by atoms with E-state index in [1.54, 1.807) is 0 Å². The molecule has 0 aliphatic rings. The van der Waals surface area contributed by atoms with Crippen LogP contribution >= 0.6 is 11.3 Å². The van der Waals surface area contributed by atoms with Gasteiger partial charge in [0.1, 0.15) is 9.88 Å². The molecule has 0 atom stereocenters. The molecule has 0 bridgehead atoms. The summed E-state index contributed by atoms with van der Waals surface area (Å²) in [7, 11) is 0. The summed E-state index contributed by atoms with van der Waals surface area (Å²) in [5.74, 6) is -0.0839. The first-order valence-electron chi connectivity index (χ1n) is 9.03. The maximum atomic E-state index is 12.6. The average Bonchev–Trinajstić information content (AvgIpc) is 3.08. The molecule has 0 aliphatic heterocycles. The van der Waals surface area contributed by atoms with Gasteiger partial charge >= 0.3 is 0 Å². The van der Waals surface area contributed by atoms with E-state index in [-0.39, 0.29) is 12.0 Å². The molecule has 3 rings (SSSR count). The van der Waals surface area contributed by atoms with Crippen molar-refractivity contribution in [3.05, 3.63) is 76.3 Å². The highest BCUT2D eigenvalue weighted by molar-refractivity contribution is 7.17. The fourth-order valence-electron chi connectivity index (χ4n) is 2.59. The minimum absolute atomic E-state index is 0.0839. The molecular formula is C22H24N2O2S. The summed E-state index contributed by atoms with van der Waals surface area (Å²) in [6.45, 7) is 7.01. The number of hydrogen-bond acceptors (Lipinski definition) is 4. The van der Waals surface area contributed by atoms with Gasteiger partial charge in [-0.2, -0.15) is 0 Å². The Balaban J connectivity index is 1.60. The normalized spacial score (nSPS) is 11.0. The minimum Gasteiger partial charge on any atom is -0.374 e. The van der Waals surface area contributed by atoms with Gasteiger partial charge in [0, 0.05) is 12.1 Å². The molecular weight excluding hydrogens is 356 g/mol. The summed E-state index contributed by atoms with van der Waals surface area (Å²) in [6.07, 6.45) is 0.215. The number of benzene rings is 2. The van der Waals surface area contributed by atoms with Gasteiger partial charge in [-0.3, -0.25) is 4.79 Å². The van der Waals surface area contributed by atoms with Crippen molar-refractivity contribution >= 4 is 17.2 Å². The van der Waals surface area contributed by atoms with Crippen LogP contribution in [0.25, 0.3) is 10.6 Å². The van der Waals surface area contributed by atoms with Gasteiger partial charge in [0.15, 0.2) is 0 Å². The first kappa shape index (κ1) is 19.3. The predicted octanol–water partition coefficient (Wildman–Crippen LogP) is 4.97. The fraction of sp³-hybridized carbons (Fsp3) is 0.273. The number of ether oxygens (including phenoxy) is 1. The van der Waals surface area contributed by atoms with Crippen LogP contribution in [0.4, 0.5) is 0 Å². The van der Waals surface area contributed by atoms with E-state index in [2.05, 4.69) is 10.3 Å². The molecule has 0 fully saturated rings. The van der Waals surface area contributed by atoms with E-state index in [0.717, 1.165) is 27.4 Å². The molecule has 2 aromatic carbocycles. The van der Waals surface area contributed by atoms with Gasteiger partial charge in [-0.15, -0.1) is 11.3 Å². The Morgan fingerprint density at radius 2 is 1.74 bits per heavy atom. The number of nitrogens with zero attached hydrogens (tertiary/aromatic N) is 1. The van der Waals surface area contributed by atoms with Gasteiger partial charge in [-0.1, -0.05) is 54.6 Å². The van der Waals surface area contributed by atoms with Crippen LogP contribution in [0.1, 0.15) is 40.3 Å². The van der Waals surface area contributed by atoms with Gasteiger partial charge in [0.25, 0.3) is 5.91 Å². The number of nitrogens with one attached hydrogen (secondary N) is 1. The van der Waals surface area contributed by atoms with Crippen molar-refractivity contribution in [1.82, 2.24) is 10.3 Å². The molecule has 1 heterocycles. The Labute approximate surface area is 164 Å². The van der Waals surface area contributed by atoms with E-state index in [1.165, 1.54) is 11.3 Å². The number of aryl methyl sites for hydroxylation is 1. The summed E-state index contributed by atoms with van der Waals surface area (Å²) in [5.41, 5.74) is 3.98. The maximum Gasteiger partial charge on any atom is 0.263 e. The minimum atomic E-state index is -0.0839. The predicted molar refractivity (Wildman–Crippen MR) is 110 cm³/mol. The van der Waals surface area contributed by atoms with Crippen LogP contribution in [0.2, 0.25) is 0 Å². The monoisotopic (exact) mass is 380 g/mol. The van der Waals surface area contributed by atoms with Crippen LogP contribution in [0.15, 0.2) is 54.6 Å². The van der Waals surface area contributed by atoms with Crippen molar-refractivity contribution in [2.24, 2.45) is 0 Å². The lowest BCUT2D eigenvalue weighted by Crippen LogP contribution is -2.22. The smallest absolute Gasteiger partial charge is 0.263 e. The third-order valence-electron chi connectivity index (χ3n) is 4.08. The number of thiazole rings is 1. The number of hydrogen-bond donors (Lipinski definition) is 1. The molecule has 140 valence electrons. The first-order chi connectivity index (χ1) is 13.0. The molecule has 5 heteroatoms. The van der Waals surface area contributed by atoms with Crippen molar-refractivity contribution < 1.29 is 9.53 Å². The van der Waals surface area contributed by atoms with Crippen LogP contribution < -0.4 is 5.32 Å². The van der Waals surface area contributed by atoms with E-state index in [4.69, 9.17) is 4.74 Å².